The summed E-state index contributed by atoms with van der Waals surface area (Å²) in [6.07, 6.45) is 1.26. The molecule has 0 spiro atoms. The Balaban J connectivity index is 1.12. The number of thioether (sulfide) groups is 1. The fourth-order valence-corrected chi connectivity index (χ4v) is 5.84. The summed E-state index contributed by atoms with van der Waals surface area (Å²) in [6.45, 7) is 1.77. The van der Waals surface area contributed by atoms with Crippen molar-refractivity contribution in [2.45, 2.75) is 17.1 Å². The molecule has 0 saturated heterocycles. The van der Waals surface area contributed by atoms with Crippen molar-refractivity contribution in [1.82, 2.24) is 10.3 Å². The minimum atomic E-state index is -0.693. The number of nitro groups is 1. The maximum Gasteiger partial charge on any atom is 0.276 e. The molecule has 50 heavy (non-hydrogen) atoms. The van der Waals surface area contributed by atoms with Gasteiger partial charge in [0.05, 0.1) is 15.7 Å². The van der Waals surface area contributed by atoms with E-state index in [2.05, 4.69) is 20.9 Å². The molecule has 12 heteroatoms. The van der Waals surface area contributed by atoms with Crippen molar-refractivity contribution in [2.24, 2.45) is 0 Å². The molecule has 0 bridgehead atoms. The van der Waals surface area contributed by atoms with Crippen LogP contribution >= 0.6 is 11.8 Å². The zero-order valence-electron chi connectivity index (χ0n) is 26.5. The number of nitrogens with one attached hydrogen (secondary N) is 3. The van der Waals surface area contributed by atoms with Crippen LogP contribution in [0.4, 0.5) is 17.1 Å². The van der Waals surface area contributed by atoms with Gasteiger partial charge in [-0.3, -0.25) is 24.5 Å². The van der Waals surface area contributed by atoms with Gasteiger partial charge in [-0.1, -0.05) is 48.5 Å². The maximum atomic E-state index is 13.5. The van der Waals surface area contributed by atoms with Crippen molar-refractivity contribution >= 4 is 63.7 Å². The van der Waals surface area contributed by atoms with E-state index in [9.17, 15) is 24.5 Å². The number of carbonyl (C=O) groups is 3. The standard InChI is InChI=1S/C38H29N5O6S/c1-24(35(44)39-28-20-18-26(19-21-28)38-42-31-15-6-8-17-34(31)49-38)50-30-14-9-13-29(23-30)40-37(46)32(41-36(45)25-10-3-2-4-11-25)22-27-12-5-7-16-33(27)43(47)48/h2-24H,1H3,(H,39,44)(H,40,46)(H,41,45)/b32-22+. The number of amides is 3. The van der Waals surface area contributed by atoms with E-state index >= 15 is 0 Å². The van der Waals surface area contributed by atoms with Gasteiger partial charge >= 0.3 is 0 Å². The van der Waals surface area contributed by atoms with E-state index in [1.54, 1.807) is 79.7 Å². The van der Waals surface area contributed by atoms with Crippen LogP contribution in [0, 0.1) is 10.1 Å². The third-order valence-corrected chi connectivity index (χ3v) is 8.52. The van der Waals surface area contributed by atoms with Crippen LogP contribution in [0.25, 0.3) is 28.6 Å². The normalized spacial score (nSPS) is 11.8. The van der Waals surface area contributed by atoms with Gasteiger partial charge in [0.25, 0.3) is 17.5 Å². The van der Waals surface area contributed by atoms with Gasteiger partial charge in [-0.05, 0) is 85.8 Å². The fourth-order valence-electron chi connectivity index (χ4n) is 4.91. The number of fused-ring (bicyclic) bond motifs is 1. The number of benzene rings is 5. The van der Waals surface area contributed by atoms with Crippen LogP contribution in [-0.2, 0) is 9.59 Å². The Morgan fingerprint density at radius 3 is 2.30 bits per heavy atom. The number of nitro benzene ring substituents is 1. The minimum absolute atomic E-state index is 0.140. The topological polar surface area (TPSA) is 156 Å². The summed E-state index contributed by atoms with van der Waals surface area (Å²) in [5.41, 5.74) is 3.26. The molecular formula is C38H29N5O6S. The Bertz CT molecular complexity index is 2200. The number of rotatable bonds is 11. The first-order valence-electron chi connectivity index (χ1n) is 15.4. The molecular weight excluding hydrogens is 655 g/mol. The van der Waals surface area contributed by atoms with Crippen LogP contribution in [0.3, 0.4) is 0 Å². The van der Waals surface area contributed by atoms with E-state index in [4.69, 9.17) is 4.42 Å². The lowest BCUT2D eigenvalue weighted by molar-refractivity contribution is -0.385. The number of para-hydroxylation sites is 3. The lowest BCUT2D eigenvalue weighted by Crippen LogP contribution is -2.30. The van der Waals surface area contributed by atoms with Crippen molar-refractivity contribution in [3.8, 4) is 11.5 Å². The lowest BCUT2D eigenvalue weighted by atomic mass is 10.1. The van der Waals surface area contributed by atoms with Crippen LogP contribution in [-0.4, -0.2) is 32.9 Å². The van der Waals surface area contributed by atoms with E-state index in [-0.39, 0.29) is 22.9 Å². The second-order valence-corrected chi connectivity index (χ2v) is 12.4. The Labute approximate surface area is 290 Å². The van der Waals surface area contributed by atoms with E-state index in [0.29, 0.717) is 33.3 Å². The number of anilines is 2. The molecule has 11 nitrogen and oxygen atoms in total. The quantitative estimate of drug-likeness (QED) is 0.0538. The molecule has 1 aromatic heterocycles. The maximum absolute atomic E-state index is 13.5. The fraction of sp³-hybridized carbons (Fsp3) is 0.0526. The highest BCUT2D eigenvalue weighted by Crippen LogP contribution is 2.29. The predicted octanol–water partition coefficient (Wildman–Crippen LogP) is 7.93. The summed E-state index contributed by atoms with van der Waals surface area (Å²) in [4.78, 5) is 55.9. The highest BCUT2D eigenvalue weighted by molar-refractivity contribution is 8.00. The molecule has 1 unspecified atom stereocenters. The molecule has 0 aliphatic heterocycles. The highest BCUT2D eigenvalue weighted by Gasteiger charge is 2.20. The Kier molecular flexibility index (Phi) is 10.1. The molecule has 0 saturated carbocycles. The largest absolute Gasteiger partial charge is 0.436 e. The summed E-state index contributed by atoms with van der Waals surface area (Å²) < 4.78 is 5.83. The number of nitrogens with zero attached hydrogens (tertiary/aromatic N) is 2. The molecule has 0 aliphatic rings. The number of hydrogen-bond donors (Lipinski definition) is 3. The Morgan fingerprint density at radius 2 is 1.54 bits per heavy atom. The van der Waals surface area contributed by atoms with Crippen molar-refractivity contribution in [3.05, 3.63) is 154 Å². The second-order valence-electron chi connectivity index (χ2n) is 11.0. The summed E-state index contributed by atoms with van der Waals surface area (Å²) in [6, 6.07) is 35.8. The highest BCUT2D eigenvalue weighted by atomic mass is 32.2. The molecule has 5 aromatic carbocycles. The molecule has 248 valence electrons. The van der Waals surface area contributed by atoms with E-state index in [1.807, 2.05) is 36.4 Å². The third kappa shape index (κ3) is 8.12. The number of hydrogen-bond acceptors (Lipinski definition) is 8. The van der Waals surface area contributed by atoms with Crippen molar-refractivity contribution in [2.75, 3.05) is 10.6 Å². The zero-order valence-corrected chi connectivity index (χ0v) is 27.3. The average molecular weight is 684 g/mol. The van der Waals surface area contributed by atoms with E-state index in [1.165, 1.54) is 36.0 Å². The molecule has 1 atom stereocenters. The smallest absolute Gasteiger partial charge is 0.276 e. The average Bonchev–Trinajstić information content (AvgIpc) is 3.57. The van der Waals surface area contributed by atoms with Crippen molar-refractivity contribution in [3.63, 3.8) is 0 Å². The van der Waals surface area contributed by atoms with Crippen molar-refractivity contribution < 1.29 is 23.7 Å². The van der Waals surface area contributed by atoms with E-state index in [0.717, 1.165) is 11.1 Å². The van der Waals surface area contributed by atoms with E-state index < -0.39 is 22.0 Å². The Hall–Kier alpha value is -6.53. The van der Waals surface area contributed by atoms with Gasteiger partial charge < -0.3 is 20.4 Å². The van der Waals surface area contributed by atoms with Gasteiger partial charge in [0, 0.05) is 33.5 Å². The zero-order chi connectivity index (χ0) is 35.0. The van der Waals surface area contributed by atoms with Gasteiger partial charge in [0.15, 0.2) is 5.58 Å². The summed E-state index contributed by atoms with van der Waals surface area (Å²) in [5.74, 6) is -0.989. The van der Waals surface area contributed by atoms with Crippen molar-refractivity contribution in [1.29, 1.82) is 0 Å². The first-order valence-corrected chi connectivity index (χ1v) is 16.3. The predicted molar refractivity (Wildman–Crippen MR) is 193 cm³/mol. The molecule has 3 amide bonds. The molecule has 0 fully saturated rings. The number of carbonyl (C=O) groups excluding carboxylic acids is 3. The minimum Gasteiger partial charge on any atom is -0.436 e. The van der Waals surface area contributed by atoms with Crippen LogP contribution in [0.1, 0.15) is 22.8 Å². The molecule has 1 heterocycles. The first kappa shape index (κ1) is 33.4. The second kappa shape index (κ2) is 15.1. The lowest BCUT2D eigenvalue weighted by Gasteiger charge is -2.14. The van der Waals surface area contributed by atoms with Crippen LogP contribution in [0.5, 0.6) is 0 Å². The van der Waals surface area contributed by atoms with Crippen LogP contribution in [0.2, 0.25) is 0 Å². The SMILES string of the molecule is CC(Sc1cccc(NC(=O)/C(=C\c2ccccc2[N+](=O)[O-])NC(=O)c2ccccc2)c1)C(=O)Nc1ccc(-c2nc3ccccc3o2)cc1. The molecule has 0 aliphatic carbocycles. The third-order valence-electron chi connectivity index (χ3n) is 7.43. The molecule has 3 N–H and O–H groups in total. The number of oxazole rings is 1. The van der Waals surface area contributed by atoms with Gasteiger partial charge in [-0.2, -0.15) is 0 Å². The Morgan fingerprint density at radius 1 is 0.820 bits per heavy atom. The van der Waals surface area contributed by atoms with Gasteiger partial charge in [-0.15, -0.1) is 11.8 Å². The first-order chi connectivity index (χ1) is 24.2. The van der Waals surface area contributed by atoms with Gasteiger partial charge in [-0.25, -0.2) is 4.98 Å². The summed E-state index contributed by atoms with van der Waals surface area (Å²) in [5, 5.41) is 19.4. The molecule has 6 rings (SSSR count). The summed E-state index contributed by atoms with van der Waals surface area (Å²) in [7, 11) is 0. The molecule has 6 aromatic rings. The van der Waals surface area contributed by atoms with Crippen LogP contribution < -0.4 is 16.0 Å². The number of aromatic nitrogens is 1. The molecule has 0 radical (unpaired) electrons. The van der Waals surface area contributed by atoms with Crippen LogP contribution in [0.15, 0.2) is 142 Å². The van der Waals surface area contributed by atoms with Gasteiger partial charge in [0.1, 0.15) is 11.2 Å². The summed E-state index contributed by atoms with van der Waals surface area (Å²) >= 11 is 1.29. The monoisotopic (exact) mass is 683 g/mol. The van der Waals surface area contributed by atoms with Gasteiger partial charge in [0.2, 0.25) is 11.8 Å².